The number of benzene rings is 1. The number of aliphatic imine (C=N–C) groups is 1. The van der Waals surface area contributed by atoms with E-state index in [2.05, 4.69) is 21.0 Å². The van der Waals surface area contributed by atoms with Crippen LogP contribution in [-0.2, 0) is 10.3 Å². The van der Waals surface area contributed by atoms with Gasteiger partial charge in [-0.25, -0.2) is 15.0 Å². The van der Waals surface area contributed by atoms with Crippen LogP contribution in [0.1, 0.15) is 12.0 Å². The molecule has 1 spiro atoms. The molecule has 2 N–H and O–H groups in total. The Bertz CT molecular complexity index is 717. The molecular formula is C15H14N4O2. The lowest BCUT2D eigenvalue weighted by Gasteiger charge is -2.31. The van der Waals surface area contributed by atoms with Crippen molar-refractivity contribution in [3.63, 3.8) is 0 Å². The maximum atomic E-state index is 5.74. The van der Waals surface area contributed by atoms with E-state index in [0.29, 0.717) is 13.2 Å². The van der Waals surface area contributed by atoms with Crippen LogP contribution in [0, 0.1) is 0 Å². The second-order valence-electron chi connectivity index (χ2n) is 5.21. The number of nitrogens with two attached hydrogens (primary N) is 1. The van der Waals surface area contributed by atoms with Gasteiger partial charge in [0.05, 0.1) is 6.61 Å². The van der Waals surface area contributed by atoms with Crippen LogP contribution in [0.3, 0.4) is 0 Å². The van der Waals surface area contributed by atoms with Crippen molar-refractivity contribution >= 4 is 6.02 Å². The molecule has 21 heavy (non-hydrogen) atoms. The molecule has 0 radical (unpaired) electrons. The number of fused-ring (bicyclic) bond motifs is 2. The zero-order valence-corrected chi connectivity index (χ0v) is 11.3. The largest absolute Gasteiger partial charge is 0.493 e. The smallest absolute Gasteiger partial charge is 0.283 e. The molecule has 1 unspecified atom stereocenters. The molecule has 106 valence electrons. The number of aromatic nitrogens is 2. The third kappa shape index (κ3) is 1.91. The van der Waals surface area contributed by atoms with E-state index in [1.54, 1.807) is 12.4 Å². The Balaban J connectivity index is 1.85. The monoisotopic (exact) mass is 282 g/mol. The summed E-state index contributed by atoms with van der Waals surface area (Å²) in [6.07, 6.45) is 5.85. The van der Waals surface area contributed by atoms with Crippen LogP contribution < -0.4 is 10.5 Å². The van der Waals surface area contributed by atoms with Crippen molar-refractivity contribution in [2.45, 2.75) is 12.0 Å². The Morgan fingerprint density at radius 1 is 1.10 bits per heavy atom. The zero-order valence-electron chi connectivity index (χ0n) is 11.3. The van der Waals surface area contributed by atoms with Gasteiger partial charge in [-0.1, -0.05) is 6.07 Å². The molecule has 1 aromatic carbocycles. The highest BCUT2D eigenvalue weighted by Gasteiger charge is 2.42. The van der Waals surface area contributed by atoms with Crippen molar-refractivity contribution in [2.75, 3.05) is 13.2 Å². The number of hydrogen-bond acceptors (Lipinski definition) is 6. The molecule has 6 heteroatoms. The van der Waals surface area contributed by atoms with Crippen LogP contribution >= 0.6 is 0 Å². The van der Waals surface area contributed by atoms with Crippen molar-refractivity contribution in [1.82, 2.24) is 9.97 Å². The summed E-state index contributed by atoms with van der Waals surface area (Å²) < 4.78 is 11.1. The first-order valence-corrected chi connectivity index (χ1v) is 6.78. The molecule has 0 bridgehead atoms. The third-order valence-electron chi connectivity index (χ3n) is 3.93. The standard InChI is InChI=1S/C15H14N4O2/c16-14-19-15(8-21-14)3-4-20-13-2-1-10(5-12(13)15)11-6-17-9-18-7-11/h1-2,5-7,9H,3-4,8H2,(H2,16,19). The molecule has 2 aliphatic heterocycles. The van der Waals surface area contributed by atoms with Crippen LogP contribution in [0.5, 0.6) is 5.75 Å². The molecule has 2 aromatic rings. The van der Waals surface area contributed by atoms with E-state index >= 15 is 0 Å². The van der Waals surface area contributed by atoms with E-state index in [0.717, 1.165) is 28.9 Å². The summed E-state index contributed by atoms with van der Waals surface area (Å²) in [5.41, 5.74) is 8.28. The molecule has 6 nitrogen and oxygen atoms in total. The van der Waals surface area contributed by atoms with Crippen LogP contribution in [0.15, 0.2) is 41.9 Å². The molecule has 3 heterocycles. The topological polar surface area (TPSA) is 82.6 Å². The zero-order chi connectivity index (χ0) is 14.3. The second kappa shape index (κ2) is 4.44. The normalized spacial score (nSPS) is 23.1. The van der Waals surface area contributed by atoms with Gasteiger partial charge in [0.2, 0.25) is 0 Å². The van der Waals surface area contributed by atoms with Gasteiger partial charge in [-0.05, 0) is 17.7 Å². The van der Waals surface area contributed by atoms with Crippen molar-refractivity contribution in [2.24, 2.45) is 10.7 Å². The average Bonchev–Trinajstić information content (AvgIpc) is 2.90. The molecule has 1 atom stereocenters. The summed E-state index contributed by atoms with van der Waals surface area (Å²) in [6.45, 7) is 1.07. The summed E-state index contributed by atoms with van der Waals surface area (Å²) in [7, 11) is 0. The summed E-state index contributed by atoms with van der Waals surface area (Å²) in [4.78, 5) is 12.6. The van der Waals surface area contributed by atoms with Crippen molar-refractivity contribution in [3.05, 3.63) is 42.5 Å². The highest BCUT2D eigenvalue weighted by Crippen LogP contribution is 2.43. The fraction of sp³-hybridized carbons (Fsp3) is 0.267. The molecule has 0 amide bonds. The highest BCUT2D eigenvalue weighted by atomic mass is 16.5. The van der Waals surface area contributed by atoms with Gasteiger partial charge in [0.25, 0.3) is 6.02 Å². The second-order valence-corrected chi connectivity index (χ2v) is 5.21. The molecule has 2 aliphatic rings. The Labute approximate surface area is 121 Å². The lowest BCUT2D eigenvalue weighted by molar-refractivity contribution is 0.176. The van der Waals surface area contributed by atoms with Crippen LogP contribution in [-0.4, -0.2) is 29.2 Å². The highest BCUT2D eigenvalue weighted by molar-refractivity contribution is 5.75. The maximum absolute atomic E-state index is 5.74. The van der Waals surface area contributed by atoms with Crippen LogP contribution in [0.2, 0.25) is 0 Å². The number of amidine groups is 1. The van der Waals surface area contributed by atoms with Gasteiger partial charge in [0.1, 0.15) is 24.2 Å². The quantitative estimate of drug-likeness (QED) is 0.856. The molecule has 0 saturated heterocycles. The van der Waals surface area contributed by atoms with Crippen molar-refractivity contribution < 1.29 is 9.47 Å². The van der Waals surface area contributed by atoms with E-state index in [9.17, 15) is 0 Å². The van der Waals surface area contributed by atoms with E-state index in [4.69, 9.17) is 15.2 Å². The SMILES string of the molecule is NC1=NC2(CCOc3ccc(-c4cncnc4)cc32)CO1. The summed E-state index contributed by atoms with van der Waals surface area (Å²) in [5.74, 6) is 0.837. The first-order valence-electron chi connectivity index (χ1n) is 6.78. The lowest BCUT2D eigenvalue weighted by atomic mass is 9.84. The predicted octanol–water partition coefficient (Wildman–Crippen LogP) is 1.47. The maximum Gasteiger partial charge on any atom is 0.283 e. The molecular weight excluding hydrogens is 268 g/mol. The Kier molecular flexibility index (Phi) is 2.57. The van der Waals surface area contributed by atoms with Gasteiger partial charge in [-0.15, -0.1) is 0 Å². The molecule has 4 rings (SSSR count). The summed E-state index contributed by atoms with van der Waals surface area (Å²) in [6, 6.07) is 6.28. The fourth-order valence-electron chi connectivity index (χ4n) is 2.85. The molecule has 0 fully saturated rings. The number of rotatable bonds is 1. The first kappa shape index (κ1) is 12.1. The number of ether oxygens (including phenoxy) is 2. The Morgan fingerprint density at radius 3 is 2.71 bits per heavy atom. The Morgan fingerprint density at radius 2 is 1.95 bits per heavy atom. The van der Waals surface area contributed by atoms with Gasteiger partial charge in [-0.3, -0.25) is 0 Å². The van der Waals surface area contributed by atoms with E-state index in [1.807, 2.05) is 12.1 Å². The minimum atomic E-state index is -0.427. The summed E-state index contributed by atoms with van der Waals surface area (Å²) >= 11 is 0. The van der Waals surface area contributed by atoms with Gasteiger partial charge in [-0.2, -0.15) is 0 Å². The summed E-state index contributed by atoms with van der Waals surface area (Å²) in [5, 5.41) is 0. The third-order valence-corrected chi connectivity index (χ3v) is 3.93. The average molecular weight is 282 g/mol. The van der Waals surface area contributed by atoms with E-state index in [-0.39, 0.29) is 6.02 Å². The fourth-order valence-corrected chi connectivity index (χ4v) is 2.85. The van der Waals surface area contributed by atoms with Crippen LogP contribution in [0.25, 0.3) is 11.1 Å². The minimum absolute atomic E-state index is 0.247. The number of nitrogens with zero attached hydrogens (tertiary/aromatic N) is 3. The van der Waals surface area contributed by atoms with Gasteiger partial charge in [0.15, 0.2) is 0 Å². The van der Waals surface area contributed by atoms with Gasteiger partial charge >= 0.3 is 0 Å². The van der Waals surface area contributed by atoms with Crippen molar-refractivity contribution in [1.29, 1.82) is 0 Å². The molecule has 0 saturated carbocycles. The lowest BCUT2D eigenvalue weighted by Crippen LogP contribution is -2.32. The van der Waals surface area contributed by atoms with Crippen molar-refractivity contribution in [3.8, 4) is 16.9 Å². The number of hydrogen-bond donors (Lipinski definition) is 1. The van der Waals surface area contributed by atoms with E-state index < -0.39 is 5.54 Å². The van der Waals surface area contributed by atoms with E-state index in [1.165, 1.54) is 6.33 Å². The minimum Gasteiger partial charge on any atom is -0.493 e. The first-order chi connectivity index (χ1) is 10.3. The molecule has 0 aliphatic carbocycles. The molecule has 1 aromatic heterocycles. The predicted molar refractivity (Wildman–Crippen MR) is 76.8 cm³/mol. The van der Waals surface area contributed by atoms with Gasteiger partial charge in [0, 0.05) is 29.9 Å². The van der Waals surface area contributed by atoms with Crippen LogP contribution in [0.4, 0.5) is 0 Å². The Hall–Kier alpha value is -2.63. The van der Waals surface area contributed by atoms with Gasteiger partial charge < -0.3 is 15.2 Å².